The van der Waals surface area contributed by atoms with Gasteiger partial charge in [-0.2, -0.15) is 0 Å². The molecule has 0 aromatic heterocycles. The SMILES string of the molecule is CC.Cc1ccccc1NC1CCN(C)CC1. The molecule has 1 fully saturated rings. The van der Waals surface area contributed by atoms with Crippen molar-refractivity contribution in [3.8, 4) is 0 Å². The van der Waals surface area contributed by atoms with Crippen LogP contribution in [0.25, 0.3) is 0 Å². The van der Waals surface area contributed by atoms with E-state index in [0.717, 1.165) is 0 Å². The van der Waals surface area contributed by atoms with E-state index in [0.29, 0.717) is 6.04 Å². The first kappa shape index (κ1) is 14.0. The van der Waals surface area contributed by atoms with Crippen molar-refractivity contribution in [3.63, 3.8) is 0 Å². The average Bonchev–Trinajstić information content (AvgIpc) is 2.37. The van der Waals surface area contributed by atoms with E-state index in [1.807, 2.05) is 13.8 Å². The Morgan fingerprint density at radius 1 is 1.12 bits per heavy atom. The van der Waals surface area contributed by atoms with Gasteiger partial charge in [0.1, 0.15) is 0 Å². The fraction of sp³-hybridized carbons (Fsp3) is 0.600. The Kier molecular flexibility index (Phi) is 6.06. The first-order valence-corrected chi connectivity index (χ1v) is 6.76. The Hall–Kier alpha value is -1.02. The summed E-state index contributed by atoms with van der Waals surface area (Å²) in [7, 11) is 2.20. The van der Waals surface area contributed by atoms with Gasteiger partial charge in [0.25, 0.3) is 0 Å². The zero-order chi connectivity index (χ0) is 12.7. The van der Waals surface area contributed by atoms with E-state index < -0.39 is 0 Å². The molecular weight excluding hydrogens is 208 g/mol. The molecule has 1 heterocycles. The maximum Gasteiger partial charge on any atom is 0.0372 e. The smallest absolute Gasteiger partial charge is 0.0372 e. The summed E-state index contributed by atoms with van der Waals surface area (Å²) < 4.78 is 0. The molecule has 0 bridgehead atoms. The van der Waals surface area contributed by atoms with Gasteiger partial charge in [0.15, 0.2) is 0 Å². The molecule has 1 aliphatic rings. The summed E-state index contributed by atoms with van der Waals surface area (Å²) in [5.41, 5.74) is 2.64. The molecule has 1 aliphatic heterocycles. The topological polar surface area (TPSA) is 15.3 Å². The Bertz CT molecular complexity index is 314. The van der Waals surface area contributed by atoms with Gasteiger partial charge in [-0.15, -0.1) is 0 Å². The van der Waals surface area contributed by atoms with E-state index in [-0.39, 0.29) is 0 Å². The summed E-state index contributed by atoms with van der Waals surface area (Å²) in [5, 5.41) is 3.64. The first-order valence-electron chi connectivity index (χ1n) is 6.76. The molecule has 0 aliphatic carbocycles. The van der Waals surface area contributed by atoms with Crippen LogP contribution in [0.15, 0.2) is 24.3 Å². The van der Waals surface area contributed by atoms with Crippen LogP contribution >= 0.6 is 0 Å². The summed E-state index contributed by atoms with van der Waals surface area (Å²) in [5.74, 6) is 0. The normalized spacial score (nSPS) is 17.2. The van der Waals surface area contributed by atoms with Gasteiger partial charge in [0, 0.05) is 11.7 Å². The number of anilines is 1. The highest BCUT2D eigenvalue weighted by atomic mass is 15.1. The van der Waals surface area contributed by atoms with Crippen molar-refractivity contribution in [1.82, 2.24) is 4.90 Å². The van der Waals surface area contributed by atoms with Crippen molar-refractivity contribution in [2.75, 3.05) is 25.5 Å². The molecule has 2 nitrogen and oxygen atoms in total. The first-order chi connectivity index (χ1) is 8.25. The minimum absolute atomic E-state index is 0.655. The molecule has 2 heteroatoms. The summed E-state index contributed by atoms with van der Waals surface area (Å²) >= 11 is 0. The molecule has 1 N–H and O–H groups in total. The molecule has 1 aromatic rings. The second kappa shape index (κ2) is 7.33. The fourth-order valence-corrected chi connectivity index (χ4v) is 2.11. The molecular formula is C15H26N2. The zero-order valence-corrected chi connectivity index (χ0v) is 11.7. The molecule has 1 saturated heterocycles. The third-order valence-corrected chi connectivity index (χ3v) is 3.22. The highest BCUT2D eigenvalue weighted by Crippen LogP contribution is 2.18. The van der Waals surface area contributed by atoms with Crippen molar-refractivity contribution in [3.05, 3.63) is 29.8 Å². The van der Waals surface area contributed by atoms with Gasteiger partial charge in [-0.1, -0.05) is 32.0 Å². The molecule has 0 unspecified atom stereocenters. The van der Waals surface area contributed by atoms with Crippen molar-refractivity contribution in [1.29, 1.82) is 0 Å². The third-order valence-electron chi connectivity index (χ3n) is 3.22. The number of aryl methyl sites for hydroxylation is 1. The van der Waals surface area contributed by atoms with E-state index in [1.165, 1.54) is 37.2 Å². The number of rotatable bonds is 2. The van der Waals surface area contributed by atoms with Crippen molar-refractivity contribution < 1.29 is 0 Å². The van der Waals surface area contributed by atoms with Crippen molar-refractivity contribution >= 4 is 5.69 Å². The predicted octanol–water partition coefficient (Wildman–Crippen LogP) is 3.53. The predicted molar refractivity (Wildman–Crippen MR) is 76.7 cm³/mol. The Labute approximate surface area is 106 Å². The summed E-state index contributed by atoms with van der Waals surface area (Å²) in [6.45, 7) is 8.59. The van der Waals surface area contributed by atoms with Gasteiger partial charge in [-0.05, 0) is 51.5 Å². The standard InChI is InChI=1S/C13H20N2.C2H6/c1-11-5-3-4-6-13(11)14-12-7-9-15(2)10-8-12;1-2/h3-6,12,14H,7-10H2,1-2H3;1-2H3. The summed E-state index contributed by atoms with van der Waals surface area (Å²) in [6.07, 6.45) is 2.51. The lowest BCUT2D eigenvalue weighted by Crippen LogP contribution is -2.36. The number of nitrogens with zero attached hydrogens (tertiary/aromatic N) is 1. The van der Waals surface area contributed by atoms with Crippen LogP contribution < -0.4 is 5.32 Å². The maximum atomic E-state index is 3.64. The molecule has 1 aromatic carbocycles. The molecule has 2 rings (SSSR count). The second-order valence-corrected chi connectivity index (χ2v) is 4.54. The van der Waals surface area contributed by atoms with Crippen LogP contribution in [0.3, 0.4) is 0 Å². The largest absolute Gasteiger partial charge is 0.382 e. The van der Waals surface area contributed by atoms with Crippen LogP contribution in [0, 0.1) is 6.92 Å². The van der Waals surface area contributed by atoms with Crippen molar-refractivity contribution in [2.24, 2.45) is 0 Å². The molecule has 0 spiro atoms. The van der Waals surface area contributed by atoms with Gasteiger partial charge >= 0.3 is 0 Å². The second-order valence-electron chi connectivity index (χ2n) is 4.54. The van der Waals surface area contributed by atoms with Gasteiger partial charge in [-0.3, -0.25) is 0 Å². The molecule has 0 atom stereocenters. The van der Waals surface area contributed by atoms with Crippen LogP contribution in [-0.2, 0) is 0 Å². The Balaban J connectivity index is 0.000000686. The molecule has 17 heavy (non-hydrogen) atoms. The lowest BCUT2D eigenvalue weighted by atomic mass is 10.0. The lowest BCUT2D eigenvalue weighted by molar-refractivity contribution is 0.264. The highest BCUT2D eigenvalue weighted by Gasteiger charge is 2.16. The molecule has 96 valence electrons. The molecule has 0 radical (unpaired) electrons. The van der Waals surface area contributed by atoms with Crippen molar-refractivity contribution in [2.45, 2.75) is 39.7 Å². The van der Waals surface area contributed by atoms with Gasteiger partial charge < -0.3 is 10.2 Å². The summed E-state index contributed by atoms with van der Waals surface area (Å²) in [4.78, 5) is 2.40. The van der Waals surface area contributed by atoms with Crippen LogP contribution in [-0.4, -0.2) is 31.1 Å². The Morgan fingerprint density at radius 2 is 1.71 bits per heavy atom. The molecule has 0 amide bonds. The third kappa shape index (κ3) is 4.39. The van der Waals surface area contributed by atoms with Crippen LogP contribution in [0.1, 0.15) is 32.3 Å². The monoisotopic (exact) mass is 234 g/mol. The number of likely N-dealkylation sites (tertiary alicyclic amines) is 1. The van der Waals surface area contributed by atoms with E-state index >= 15 is 0 Å². The molecule has 0 saturated carbocycles. The van der Waals surface area contributed by atoms with Gasteiger partial charge in [0.2, 0.25) is 0 Å². The van der Waals surface area contributed by atoms with Gasteiger partial charge in [0.05, 0.1) is 0 Å². The number of benzene rings is 1. The number of hydrogen-bond donors (Lipinski definition) is 1. The van der Waals surface area contributed by atoms with E-state index in [2.05, 4.69) is 48.5 Å². The van der Waals surface area contributed by atoms with Crippen LogP contribution in [0.2, 0.25) is 0 Å². The minimum atomic E-state index is 0.655. The number of para-hydroxylation sites is 1. The number of nitrogens with one attached hydrogen (secondary N) is 1. The highest BCUT2D eigenvalue weighted by molar-refractivity contribution is 5.50. The van der Waals surface area contributed by atoms with E-state index in [4.69, 9.17) is 0 Å². The number of hydrogen-bond acceptors (Lipinski definition) is 2. The maximum absolute atomic E-state index is 3.64. The van der Waals surface area contributed by atoms with E-state index in [1.54, 1.807) is 0 Å². The van der Waals surface area contributed by atoms with Crippen LogP contribution in [0.4, 0.5) is 5.69 Å². The fourth-order valence-electron chi connectivity index (χ4n) is 2.11. The minimum Gasteiger partial charge on any atom is -0.382 e. The van der Waals surface area contributed by atoms with E-state index in [9.17, 15) is 0 Å². The lowest BCUT2D eigenvalue weighted by Gasteiger charge is -2.30. The Morgan fingerprint density at radius 3 is 2.29 bits per heavy atom. The van der Waals surface area contributed by atoms with Crippen LogP contribution in [0.5, 0.6) is 0 Å². The van der Waals surface area contributed by atoms with Gasteiger partial charge in [-0.25, -0.2) is 0 Å². The summed E-state index contributed by atoms with van der Waals surface area (Å²) in [6, 6.07) is 9.19. The quantitative estimate of drug-likeness (QED) is 0.842. The zero-order valence-electron chi connectivity index (χ0n) is 11.7. The number of piperidine rings is 1. The average molecular weight is 234 g/mol.